The van der Waals surface area contributed by atoms with Crippen LogP contribution in [-0.2, 0) is 13.0 Å². The van der Waals surface area contributed by atoms with Crippen molar-refractivity contribution in [1.29, 1.82) is 0 Å². The molecule has 0 saturated carbocycles. The summed E-state index contributed by atoms with van der Waals surface area (Å²) in [6.07, 6.45) is 4.10. The number of nitrogens with zero attached hydrogens (tertiary/aromatic N) is 1. The van der Waals surface area contributed by atoms with Crippen LogP contribution in [0.2, 0.25) is 0 Å². The number of hydrogen-bond acceptors (Lipinski definition) is 4. The Kier molecular flexibility index (Phi) is 3.89. The first-order valence-corrected chi connectivity index (χ1v) is 7.71. The molecule has 2 aromatic rings. The van der Waals surface area contributed by atoms with Gasteiger partial charge in [0.2, 0.25) is 0 Å². The van der Waals surface area contributed by atoms with Gasteiger partial charge in [-0.05, 0) is 36.4 Å². The lowest BCUT2D eigenvalue weighted by atomic mass is 10.1. The van der Waals surface area contributed by atoms with E-state index in [-0.39, 0.29) is 5.91 Å². The maximum atomic E-state index is 11.9. The quantitative estimate of drug-likeness (QED) is 0.941. The average Bonchev–Trinajstić information content (AvgIpc) is 3.13. The lowest BCUT2D eigenvalue weighted by Crippen LogP contribution is -2.44. The van der Waals surface area contributed by atoms with Crippen LogP contribution in [0.1, 0.15) is 27.7 Å². The van der Waals surface area contributed by atoms with Crippen LogP contribution in [0.25, 0.3) is 0 Å². The Hall–Kier alpha value is -1.59. The third kappa shape index (κ3) is 2.78. The largest absolute Gasteiger partial charge is 0.472 e. The van der Waals surface area contributed by atoms with E-state index in [2.05, 4.69) is 28.6 Å². The summed E-state index contributed by atoms with van der Waals surface area (Å²) < 4.78 is 4.92. The van der Waals surface area contributed by atoms with Crippen molar-refractivity contribution in [3.05, 3.63) is 46.0 Å². The molecule has 4 nitrogen and oxygen atoms in total. The molecule has 0 radical (unpaired) electrons. The molecule has 1 amide bonds. The molecule has 3 rings (SSSR count). The summed E-state index contributed by atoms with van der Waals surface area (Å²) in [6, 6.07) is 4.22. The van der Waals surface area contributed by atoms with Crippen LogP contribution in [0, 0.1) is 0 Å². The highest BCUT2D eigenvalue weighted by atomic mass is 32.1. The number of carbonyl (C=O) groups excluding carboxylic acids is 1. The Morgan fingerprint density at radius 3 is 3.25 bits per heavy atom. The van der Waals surface area contributed by atoms with Crippen LogP contribution in [0.3, 0.4) is 0 Å². The van der Waals surface area contributed by atoms with Crippen molar-refractivity contribution in [2.45, 2.75) is 25.9 Å². The molecular formula is C15H18N2O2S. The maximum Gasteiger partial charge on any atom is 0.254 e. The number of amides is 1. The first kappa shape index (κ1) is 13.4. The summed E-state index contributed by atoms with van der Waals surface area (Å²) in [5.74, 6) is -0.0705. The molecular weight excluding hydrogens is 272 g/mol. The molecule has 1 aliphatic heterocycles. The summed E-state index contributed by atoms with van der Waals surface area (Å²) in [5, 5.41) is 5.13. The van der Waals surface area contributed by atoms with Crippen LogP contribution in [0.15, 0.2) is 34.5 Å². The molecule has 0 unspecified atom stereocenters. The van der Waals surface area contributed by atoms with Crippen LogP contribution in [0.4, 0.5) is 0 Å². The van der Waals surface area contributed by atoms with Gasteiger partial charge in [0.15, 0.2) is 0 Å². The summed E-state index contributed by atoms with van der Waals surface area (Å²) in [5.41, 5.74) is 2.02. The number of nitrogens with one attached hydrogen (secondary N) is 1. The zero-order valence-electron chi connectivity index (χ0n) is 11.5. The Morgan fingerprint density at radius 2 is 2.45 bits per heavy atom. The third-order valence-corrected chi connectivity index (χ3v) is 4.82. The molecule has 0 fully saturated rings. The van der Waals surface area contributed by atoms with E-state index in [1.807, 2.05) is 11.3 Å². The molecule has 20 heavy (non-hydrogen) atoms. The van der Waals surface area contributed by atoms with E-state index in [4.69, 9.17) is 4.42 Å². The van der Waals surface area contributed by atoms with Crippen molar-refractivity contribution in [3.63, 3.8) is 0 Å². The first-order chi connectivity index (χ1) is 9.74. The van der Waals surface area contributed by atoms with Gasteiger partial charge >= 0.3 is 0 Å². The highest BCUT2D eigenvalue weighted by Crippen LogP contribution is 2.24. The van der Waals surface area contributed by atoms with Gasteiger partial charge in [0.25, 0.3) is 5.91 Å². The standard InChI is InChI=1S/C15H18N2O2S/c1-11(8-16-15(18)13-3-6-19-10-13)17-5-2-14-12(9-17)4-7-20-14/h3-4,6-7,10-11H,2,5,8-9H2,1H3,(H,16,18)/t11-/m0/s1. The molecule has 2 aromatic heterocycles. The van der Waals surface area contributed by atoms with Gasteiger partial charge in [-0.15, -0.1) is 11.3 Å². The minimum Gasteiger partial charge on any atom is -0.472 e. The molecule has 1 aliphatic rings. The van der Waals surface area contributed by atoms with Crippen LogP contribution >= 0.6 is 11.3 Å². The predicted octanol–water partition coefficient (Wildman–Crippen LogP) is 2.52. The molecule has 0 bridgehead atoms. The monoisotopic (exact) mass is 290 g/mol. The highest BCUT2D eigenvalue weighted by molar-refractivity contribution is 7.10. The topological polar surface area (TPSA) is 45.5 Å². The molecule has 1 atom stereocenters. The van der Waals surface area contributed by atoms with Gasteiger partial charge in [-0.3, -0.25) is 9.69 Å². The van der Waals surface area contributed by atoms with Gasteiger partial charge in [0, 0.05) is 30.6 Å². The number of hydrogen-bond donors (Lipinski definition) is 1. The summed E-state index contributed by atoms with van der Waals surface area (Å²) in [4.78, 5) is 15.8. The molecule has 0 aromatic carbocycles. The van der Waals surface area contributed by atoms with Gasteiger partial charge in [0.05, 0.1) is 11.8 Å². The fourth-order valence-electron chi connectivity index (χ4n) is 2.51. The van der Waals surface area contributed by atoms with E-state index in [0.29, 0.717) is 18.2 Å². The zero-order valence-corrected chi connectivity index (χ0v) is 12.3. The van der Waals surface area contributed by atoms with E-state index in [1.54, 1.807) is 6.07 Å². The fourth-order valence-corrected chi connectivity index (χ4v) is 3.40. The van der Waals surface area contributed by atoms with Crippen molar-refractivity contribution in [3.8, 4) is 0 Å². The average molecular weight is 290 g/mol. The molecule has 5 heteroatoms. The first-order valence-electron chi connectivity index (χ1n) is 6.83. The van der Waals surface area contributed by atoms with Gasteiger partial charge < -0.3 is 9.73 Å². The van der Waals surface area contributed by atoms with Crippen molar-refractivity contribution >= 4 is 17.2 Å². The van der Waals surface area contributed by atoms with E-state index in [9.17, 15) is 4.79 Å². The number of fused-ring (bicyclic) bond motifs is 1. The summed E-state index contributed by atoms with van der Waals surface area (Å²) in [7, 11) is 0. The van der Waals surface area contributed by atoms with Crippen molar-refractivity contribution in [1.82, 2.24) is 10.2 Å². The number of carbonyl (C=O) groups is 1. The second-order valence-corrected chi connectivity index (χ2v) is 6.16. The minimum atomic E-state index is -0.0705. The summed E-state index contributed by atoms with van der Waals surface area (Å²) in [6.45, 7) is 4.87. The highest BCUT2D eigenvalue weighted by Gasteiger charge is 2.21. The Balaban J connectivity index is 1.53. The van der Waals surface area contributed by atoms with Gasteiger partial charge in [-0.25, -0.2) is 0 Å². The SMILES string of the molecule is C[C@@H](CNC(=O)c1ccoc1)N1CCc2sccc2C1. The van der Waals surface area contributed by atoms with E-state index >= 15 is 0 Å². The molecule has 0 spiro atoms. The maximum absolute atomic E-state index is 11.9. The lowest BCUT2D eigenvalue weighted by molar-refractivity contribution is 0.0932. The minimum absolute atomic E-state index is 0.0705. The Labute approximate surface area is 122 Å². The molecule has 1 N–H and O–H groups in total. The summed E-state index contributed by atoms with van der Waals surface area (Å²) >= 11 is 1.85. The van der Waals surface area contributed by atoms with Crippen molar-refractivity contribution < 1.29 is 9.21 Å². The smallest absolute Gasteiger partial charge is 0.254 e. The Morgan fingerprint density at radius 1 is 1.55 bits per heavy atom. The zero-order chi connectivity index (χ0) is 13.9. The van der Waals surface area contributed by atoms with Crippen LogP contribution < -0.4 is 5.32 Å². The number of thiophene rings is 1. The van der Waals surface area contributed by atoms with Gasteiger partial charge in [-0.2, -0.15) is 0 Å². The van der Waals surface area contributed by atoms with E-state index < -0.39 is 0 Å². The second kappa shape index (κ2) is 5.81. The number of rotatable bonds is 4. The molecule has 106 valence electrons. The van der Waals surface area contributed by atoms with Crippen LogP contribution in [0.5, 0.6) is 0 Å². The lowest BCUT2D eigenvalue weighted by Gasteiger charge is -2.32. The van der Waals surface area contributed by atoms with Crippen molar-refractivity contribution in [2.75, 3.05) is 13.1 Å². The molecule has 3 heterocycles. The van der Waals surface area contributed by atoms with E-state index in [1.165, 1.54) is 23.0 Å². The molecule has 0 saturated heterocycles. The third-order valence-electron chi connectivity index (χ3n) is 3.80. The fraction of sp³-hybridized carbons (Fsp3) is 0.400. The second-order valence-electron chi connectivity index (χ2n) is 5.16. The van der Waals surface area contributed by atoms with Gasteiger partial charge in [-0.1, -0.05) is 0 Å². The normalized spacial score (nSPS) is 16.6. The van der Waals surface area contributed by atoms with Crippen molar-refractivity contribution in [2.24, 2.45) is 0 Å². The Bertz CT molecular complexity index is 576. The number of furan rings is 1. The molecule has 0 aliphatic carbocycles. The predicted molar refractivity (Wildman–Crippen MR) is 78.9 cm³/mol. The van der Waals surface area contributed by atoms with Gasteiger partial charge in [0.1, 0.15) is 6.26 Å². The van der Waals surface area contributed by atoms with E-state index in [0.717, 1.165) is 19.5 Å². The van der Waals surface area contributed by atoms with Crippen LogP contribution in [-0.4, -0.2) is 29.9 Å².